The van der Waals surface area contributed by atoms with Crippen LogP contribution in [0.1, 0.15) is 64.4 Å². The van der Waals surface area contributed by atoms with Crippen LogP contribution in [0.3, 0.4) is 0 Å². The van der Waals surface area contributed by atoms with E-state index in [2.05, 4.69) is 17.1 Å². The molecule has 3 rings (SSSR count). The summed E-state index contributed by atoms with van der Waals surface area (Å²) < 4.78 is 10.4. The molecule has 0 amide bonds. The number of quaternary nitrogens is 1. The molecule has 1 aliphatic rings. The minimum absolute atomic E-state index is 0.0385. The summed E-state index contributed by atoms with van der Waals surface area (Å²) in [5.74, 6) is 0.487. The van der Waals surface area contributed by atoms with Crippen molar-refractivity contribution in [2.24, 2.45) is 0 Å². The molecule has 156 valence electrons. The number of hydrogen-bond acceptors (Lipinski definition) is 4. The molecule has 1 heterocycles. The zero-order valence-electron chi connectivity index (χ0n) is 17.9. The van der Waals surface area contributed by atoms with Crippen molar-refractivity contribution in [3.8, 4) is 5.75 Å². The third-order valence-electron chi connectivity index (χ3n) is 5.78. The Morgan fingerprint density at radius 2 is 1.86 bits per heavy atom. The molecule has 1 aromatic carbocycles. The number of ether oxygens (including phenoxy) is 2. The van der Waals surface area contributed by atoms with E-state index in [9.17, 15) is 9.59 Å². The number of aromatic amines is 1. The van der Waals surface area contributed by atoms with Gasteiger partial charge >= 0.3 is 5.97 Å². The Morgan fingerprint density at radius 3 is 2.41 bits per heavy atom. The van der Waals surface area contributed by atoms with E-state index in [0.29, 0.717) is 35.2 Å². The molecule has 1 saturated carbocycles. The van der Waals surface area contributed by atoms with Gasteiger partial charge in [-0.15, -0.1) is 0 Å². The van der Waals surface area contributed by atoms with Gasteiger partial charge in [0, 0.05) is 24.1 Å². The van der Waals surface area contributed by atoms with Crippen LogP contribution in [0.4, 0.5) is 0 Å². The second-order valence-electron chi connectivity index (χ2n) is 7.81. The average Bonchev–Trinajstić information content (AvgIpc) is 3.50. The van der Waals surface area contributed by atoms with Crippen LogP contribution in [0, 0.1) is 13.8 Å². The lowest BCUT2D eigenvalue weighted by Crippen LogP contribution is -3.16. The van der Waals surface area contributed by atoms with Gasteiger partial charge in [-0.1, -0.05) is 0 Å². The molecule has 0 bridgehead atoms. The summed E-state index contributed by atoms with van der Waals surface area (Å²) in [6.45, 7) is 8.48. The van der Waals surface area contributed by atoms with E-state index in [-0.39, 0.29) is 17.8 Å². The fourth-order valence-corrected chi connectivity index (χ4v) is 3.97. The highest BCUT2D eigenvalue weighted by Crippen LogP contribution is 2.22. The van der Waals surface area contributed by atoms with E-state index in [0.717, 1.165) is 25.1 Å². The van der Waals surface area contributed by atoms with Gasteiger partial charge < -0.3 is 19.4 Å². The van der Waals surface area contributed by atoms with Crippen LogP contribution in [0.2, 0.25) is 0 Å². The van der Waals surface area contributed by atoms with Crippen LogP contribution in [-0.2, 0) is 11.3 Å². The molecule has 2 aromatic rings. The molecule has 6 nitrogen and oxygen atoms in total. The minimum atomic E-state index is -0.380. The van der Waals surface area contributed by atoms with Crippen LogP contribution < -0.4 is 9.64 Å². The lowest BCUT2D eigenvalue weighted by Gasteiger charge is -2.25. The average molecular weight is 400 g/mol. The predicted octanol–water partition coefficient (Wildman–Crippen LogP) is 2.64. The van der Waals surface area contributed by atoms with Gasteiger partial charge in [0.2, 0.25) is 5.78 Å². The third-order valence-corrected chi connectivity index (χ3v) is 5.78. The quantitative estimate of drug-likeness (QED) is 0.502. The number of hydrogen-bond donors (Lipinski definition) is 2. The standard InChI is InChI=1S/C23H30N2O4/c1-6-29-23(27)20-14(2)21(24-15(20)3)22(26)16(4)25(18-9-10-18)13-17-7-11-19(28-5)12-8-17/h7-8,11-12,16,18,24H,6,9-10,13H2,1-5H3/p+1/t16-/m0/s1. The first kappa shape index (κ1) is 21.1. The SMILES string of the molecule is CCOC(=O)c1c(C)[nH]c(C(=O)[C@H](C)[NH+](Cc2ccc(OC)cc2)C2CC2)c1C. The van der Waals surface area contributed by atoms with Gasteiger partial charge in [0.15, 0.2) is 6.04 Å². The van der Waals surface area contributed by atoms with E-state index in [1.807, 2.05) is 32.9 Å². The number of aromatic nitrogens is 1. The maximum Gasteiger partial charge on any atom is 0.340 e. The van der Waals surface area contributed by atoms with Gasteiger partial charge in [-0.3, -0.25) is 4.79 Å². The highest BCUT2D eigenvalue weighted by Gasteiger charge is 2.40. The molecule has 29 heavy (non-hydrogen) atoms. The molecule has 0 saturated heterocycles. The van der Waals surface area contributed by atoms with Crippen molar-refractivity contribution in [3.05, 3.63) is 52.3 Å². The van der Waals surface area contributed by atoms with Crippen LogP contribution in [0.25, 0.3) is 0 Å². The largest absolute Gasteiger partial charge is 0.497 e. The summed E-state index contributed by atoms with van der Waals surface area (Å²) in [4.78, 5) is 30.0. The number of carbonyl (C=O) groups excluding carboxylic acids is 2. The first-order valence-corrected chi connectivity index (χ1v) is 10.3. The lowest BCUT2D eigenvalue weighted by molar-refractivity contribution is -0.938. The second kappa shape index (κ2) is 8.82. The van der Waals surface area contributed by atoms with E-state index in [1.54, 1.807) is 14.0 Å². The molecule has 1 fully saturated rings. The molecular weight excluding hydrogens is 368 g/mol. The molecule has 6 heteroatoms. The van der Waals surface area contributed by atoms with Gasteiger partial charge in [-0.05, 0) is 57.5 Å². The van der Waals surface area contributed by atoms with Crippen LogP contribution in [0.5, 0.6) is 5.75 Å². The Labute approximate surface area is 172 Å². The Kier molecular flexibility index (Phi) is 6.42. The predicted molar refractivity (Wildman–Crippen MR) is 111 cm³/mol. The van der Waals surface area contributed by atoms with Gasteiger partial charge in [-0.2, -0.15) is 0 Å². The number of rotatable bonds is 9. The zero-order chi connectivity index (χ0) is 21.1. The summed E-state index contributed by atoms with van der Waals surface area (Å²) in [6.07, 6.45) is 2.28. The smallest absolute Gasteiger partial charge is 0.340 e. The molecule has 1 unspecified atom stereocenters. The normalized spacial score (nSPS) is 15.6. The molecular formula is C23H31N2O4+. The molecule has 1 aliphatic carbocycles. The van der Waals surface area contributed by atoms with Crippen molar-refractivity contribution < 1.29 is 24.0 Å². The molecule has 2 atom stereocenters. The van der Waals surface area contributed by atoms with Crippen LogP contribution in [-0.4, -0.2) is 42.5 Å². The molecule has 2 N–H and O–H groups in total. The van der Waals surface area contributed by atoms with Crippen molar-refractivity contribution in [2.45, 2.75) is 59.2 Å². The maximum absolute atomic E-state index is 13.4. The number of esters is 1. The molecule has 0 aliphatic heterocycles. The fraction of sp³-hybridized carbons (Fsp3) is 0.478. The van der Waals surface area contributed by atoms with Crippen molar-refractivity contribution in [1.82, 2.24) is 4.98 Å². The molecule has 0 radical (unpaired) electrons. The second-order valence-corrected chi connectivity index (χ2v) is 7.81. The highest BCUT2D eigenvalue weighted by atomic mass is 16.5. The summed E-state index contributed by atoms with van der Waals surface area (Å²) in [5.41, 5.74) is 3.53. The first-order valence-electron chi connectivity index (χ1n) is 10.3. The number of benzene rings is 1. The number of methoxy groups -OCH3 is 1. The number of ketones is 1. The number of aryl methyl sites for hydroxylation is 1. The zero-order valence-corrected chi connectivity index (χ0v) is 17.9. The highest BCUT2D eigenvalue weighted by molar-refractivity contribution is 6.03. The van der Waals surface area contributed by atoms with Crippen LogP contribution >= 0.6 is 0 Å². The van der Waals surface area contributed by atoms with Gasteiger partial charge in [0.25, 0.3) is 0 Å². The van der Waals surface area contributed by atoms with E-state index >= 15 is 0 Å². The summed E-state index contributed by atoms with van der Waals surface area (Å²) in [5, 5.41) is 0. The van der Waals surface area contributed by atoms with Crippen molar-refractivity contribution in [1.29, 1.82) is 0 Å². The number of H-pyrrole nitrogens is 1. The Morgan fingerprint density at radius 1 is 1.21 bits per heavy atom. The fourth-order valence-electron chi connectivity index (χ4n) is 3.97. The lowest BCUT2D eigenvalue weighted by atomic mass is 10.0. The van der Waals surface area contributed by atoms with E-state index in [1.165, 1.54) is 10.5 Å². The van der Waals surface area contributed by atoms with E-state index in [4.69, 9.17) is 9.47 Å². The number of Topliss-reactive ketones (excluding diaryl/α,β-unsaturated/α-hetero) is 1. The number of nitrogens with one attached hydrogen (secondary N) is 2. The van der Waals surface area contributed by atoms with Crippen molar-refractivity contribution in [3.63, 3.8) is 0 Å². The topological polar surface area (TPSA) is 72.8 Å². The Hall–Kier alpha value is -2.60. The maximum atomic E-state index is 13.4. The Bertz CT molecular complexity index is 881. The Balaban J connectivity index is 1.81. The summed E-state index contributed by atoms with van der Waals surface area (Å²) >= 11 is 0. The van der Waals surface area contributed by atoms with Gasteiger partial charge in [0.1, 0.15) is 12.3 Å². The molecule has 0 spiro atoms. The first-order chi connectivity index (χ1) is 13.9. The molecule has 1 aromatic heterocycles. The number of carbonyl (C=O) groups is 2. The third kappa shape index (κ3) is 4.53. The van der Waals surface area contributed by atoms with Crippen molar-refractivity contribution in [2.75, 3.05) is 13.7 Å². The summed E-state index contributed by atoms with van der Waals surface area (Å²) in [7, 11) is 1.66. The minimum Gasteiger partial charge on any atom is -0.497 e. The van der Waals surface area contributed by atoms with Crippen LogP contribution in [0.15, 0.2) is 24.3 Å². The monoisotopic (exact) mass is 399 g/mol. The summed E-state index contributed by atoms with van der Waals surface area (Å²) in [6, 6.07) is 8.31. The van der Waals surface area contributed by atoms with Crippen molar-refractivity contribution >= 4 is 11.8 Å². The van der Waals surface area contributed by atoms with Gasteiger partial charge in [-0.25, -0.2) is 4.79 Å². The van der Waals surface area contributed by atoms with E-state index < -0.39 is 0 Å². The van der Waals surface area contributed by atoms with Gasteiger partial charge in [0.05, 0.1) is 31.0 Å².